The van der Waals surface area contributed by atoms with Crippen LogP contribution in [0.5, 0.6) is 0 Å². The zero-order valence-corrected chi connectivity index (χ0v) is 14.8. The van der Waals surface area contributed by atoms with E-state index in [-0.39, 0.29) is 40.5 Å². The molecule has 1 atom stereocenters. The number of nitrogens with zero attached hydrogens (tertiary/aromatic N) is 1. The average Bonchev–Trinajstić information content (AvgIpc) is 2.04. The Morgan fingerprint density at radius 1 is 1.31 bits per heavy atom. The third-order valence-electron chi connectivity index (χ3n) is 2.44. The SMILES string of the molecule is CCN(CC)C(=O)C(C)(C)CC(C)O.S.[W]. The number of aliphatic hydroxyl groups excluding tert-OH is 1. The predicted molar refractivity (Wildman–Crippen MR) is 68.4 cm³/mol. The van der Waals surface area contributed by atoms with Crippen LogP contribution in [0, 0.1) is 5.41 Å². The molecule has 1 N–H and O–H groups in total. The molecule has 0 saturated carbocycles. The Labute approximate surface area is 121 Å². The van der Waals surface area contributed by atoms with Crippen molar-refractivity contribution in [1.82, 2.24) is 4.90 Å². The number of hydrogen-bond donors (Lipinski definition) is 1. The summed E-state index contributed by atoms with van der Waals surface area (Å²) in [6.07, 6.45) is 0.0898. The van der Waals surface area contributed by atoms with Gasteiger partial charge in [-0.15, -0.1) is 0 Å². The molecule has 5 heteroatoms. The van der Waals surface area contributed by atoms with Gasteiger partial charge in [-0.1, -0.05) is 13.8 Å². The van der Waals surface area contributed by atoms with Gasteiger partial charge in [-0.05, 0) is 27.2 Å². The minimum atomic E-state index is -0.458. The summed E-state index contributed by atoms with van der Waals surface area (Å²) in [5.74, 6) is 0.128. The van der Waals surface area contributed by atoms with Gasteiger partial charge < -0.3 is 10.0 Å². The Morgan fingerprint density at radius 3 is 1.94 bits per heavy atom. The Morgan fingerprint density at radius 2 is 1.69 bits per heavy atom. The van der Waals surface area contributed by atoms with Crippen LogP contribution in [0.1, 0.15) is 41.0 Å². The van der Waals surface area contributed by atoms with E-state index < -0.39 is 11.5 Å². The zero-order chi connectivity index (χ0) is 11.4. The van der Waals surface area contributed by atoms with E-state index in [4.69, 9.17) is 0 Å². The number of aliphatic hydroxyl groups is 1. The Bertz CT molecular complexity index is 194. The molecule has 0 bridgehead atoms. The van der Waals surface area contributed by atoms with Gasteiger partial charge in [0.2, 0.25) is 5.91 Å². The molecular formula is C11H25NO2SW. The van der Waals surface area contributed by atoms with Gasteiger partial charge in [-0.25, -0.2) is 0 Å². The van der Waals surface area contributed by atoms with E-state index in [0.29, 0.717) is 6.42 Å². The van der Waals surface area contributed by atoms with Crippen LogP contribution in [-0.2, 0) is 25.9 Å². The first kappa shape index (κ1) is 21.7. The normalized spacial score (nSPS) is 12.1. The fraction of sp³-hybridized carbons (Fsp3) is 0.909. The van der Waals surface area contributed by atoms with E-state index in [0.717, 1.165) is 13.1 Å². The third kappa shape index (κ3) is 6.92. The Hall–Kier alpha value is 0.468. The van der Waals surface area contributed by atoms with Crippen LogP contribution in [0.3, 0.4) is 0 Å². The van der Waals surface area contributed by atoms with Gasteiger partial charge in [0.05, 0.1) is 6.10 Å². The summed E-state index contributed by atoms with van der Waals surface area (Å²) in [7, 11) is 0. The molecule has 0 fully saturated rings. The zero-order valence-electron chi connectivity index (χ0n) is 10.9. The first-order chi connectivity index (χ1) is 6.35. The number of hydrogen-bond acceptors (Lipinski definition) is 2. The molecule has 0 aliphatic heterocycles. The molecule has 16 heavy (non-hydrogen) atoms. The molecule has 0 aliphatic rings. The van der Waals surface area contributed by atoms with Crippen LogP contribution < -0.4 is 0 Å². The van der Waals surface area contributed by atoms with Gasteiger partial charge in [0, 0.05) is 39.6 Å². The fourth-order valence-electron chi connectivity index (χ4n) is 1.76. The topological polar surface area (TPSA) is 40.5 Å². The summed E-state index contributed by atoms with van der Waals surface area (Å²) in [6.45, 7) is 10.9. The second kappa shape index (κ2) is 9.49. The van der Waals surface area contributed by atoms with Crippen LogP contribution in [0.4, 0.5) is 0 Å². The van der Waals surface area contributed by atoms with Crippen LogP contribution >= 0.6 is 13.5 Å². The summed E-state index contributed by atoms with van der Waals surface area (Å²) >= 11 is 0. The molecule has 1 amide bonds. The molecule has 0 aromatic rings. The summed E-state index contributed by atoms with van der Waals surface area (Å²) in [5, 5.41) is 9.29. The van der Waals surface area contributed by atoms with Crippen LogP contribution in [0.15, 0.2) is 0 Å². The summed E-state index contributed by atoms with van der Waals surface area (Å²) in [6, 6.07) is 0. The van der Waals surface area contributed by atoms with Gasteiger partial charge in [0.15, 0.2) is 0 Å². The van der Waals surface area contributed by atoms with Crippen molar-refractivity contribution in [2.75, 3.05) is 13.1 Å². The molecule has 0 saturated heterocycles. The molecule has 0 radical (unpaired) electrons. The fourth-order valence-corrected chi connectivity index (χ4v) is 1.76. The maximum Gasteiger partial charge on any atom is 0.228 e. The van der Waals surface area contributed by atoms with Crippen LogP contribution in [0.2, 0.25) is 0 Å². The number of rotatable bonds is 5. The molecule has 1 unspecified atom stereocenters. The summed E-state index contributed by atoms with van der Waals surface area (Å²) in [4.78, 5) is 13.8. The maximum absolute atomic E-state index is 12.0. The second-order valence-electron chi connectivity index (χ2n) is 4.41. The molecule has 0 heterocycles. The number of amides is 1. The molecule has 0 aromatic carbocycles. The van der Waals surface area contributed by atoms with Gasteiger partial charge in [0.1, 0.15) is 0 Å². The minimum absolute atomic E-state index is 0. The average molecular weight is 419 g/mol. The molecule has 0 aromatic heterocycles. The van der Waals surface area contributed by atoms with E-state index in [2.05, 4.69) is 0 Å². The predicted octanol–water partition coefficient (Wildman–Crippen LogP) is 1.76. The Balaban J connectivity index is -0.000000845. The van der Waals surface area contributed by atoms with E-state index in [1.54, 1.807) is 6.92 Å². The number of carbonyl (C=O) groups excluding carboxylic acids is 1. The molecule has 0 aliphatic carbocycles. The Kier molecular flexibility index (Phi) is 12.9. The van der Waals surface area contributed by atoms with Gasteiger partial charge >= 0.3 is 0 Å². The second-order valence-corrected chi connectivity index (χ2v) is 4.41. The molecule has 98 valence electrons. The van der Waals surface area contributed by atoms with Crippen molar-refractivity contribution in [1.29, 1.82) is 0 Å². The molecule has 3 nitrogen and oxygen atoms in total. The molecule has 0 rings (SSSR count). The van der Waals surface area contributed by atoms with Crippen molar-refractivity contribution in [2.24, 2.45) is 5.41 Å². The standard InChI is InChI=1S/C11H23NO2.H2S.W/c1-6-12(7-2)10(14)11(4,5)8-9(3)13;;/h9,13H,6-8H2,1-5H3;1H2;. The quantitative estimate of drug-likeness (QED) is 0.738. The maximum atomic E-state index is 12.0. The first-order valence-corrected chi connectivity index (χ1v) is 5.32. The van der Waals surface area contributed by atoms with Crippen molar-refractivity contribution in [3.63, 3.8) is 0 Å². The summed E-state index contributed by atoms with van der Waals surface area (Å²) < 4.78 is 0. The van der Waals surface area contributed by atoms with Crippen molar-refractivity contribution in [3.05, 3.63) is 0 Å². The minimum Gasteiger partial charge on any atom is -0.393 e. The first-order valence-electron chi connectivity index (χ1n) is 5.32. The number of carbonyl (C=O) groups is 1. The van der Waals surface area contributed by atoms with Crippen molar-refractivity contribution in [3.8, 4) is 0 Å². The van der Waals surface area contributed by atoms with Gasteiger partial charge in [-0.3, -0.25) is 4.79 Å². The monoisotopic (exact) mass is 419 g/mol. The third-order valence-corrected chi connectivity index (χ3v) is 2.44. The van der Waals surface area contributed by atoms with Gasteiger partial charge in [0.25, 0.3) is 0 Å². The van der Waals surface area contributed by atoms with E-state index in [1.807, 2.05) is 32.6 Å². The largest absolute Gasteiger partial charge is 0.393 e. The van der Waals surface area contributed by atoms with E-state index >= 15 is 0 Å². The smallest absolute Gasteiger partial charge is 0.228 e. The van der Waals surface area contributed by atoms with Gasteiger partial charge in [-0.2, -0.15) is 13.5 Å². The summed E-state index contributed by atoms with van der Waals surface area (Å²) in [5.41, 5.74) is -0.458. The van der Waals surface area contributed by atoms with E-state index in [1.165, 1.54) is 0 Å². The molecule has 0 spiro atoms. The van der Waals surface area contributed by atoms with Crippen LogP contribution in [0.25, 0.3) is 0 Å². The van der Waals surface area contributed by atoms with Crippen molar-refractivity contribution in [2.45, 2.75) is 47.1 Å². The van der Waals surface area contributed by atoms with Crippen molar-refractivity contribution < 1.29 is 31.0 Å². The molecular weight excluding hydrogens is 394 g/mol. The van der Waals surface area contributed by atoms with Crippen molar-refractivity contribution >= 4 is 19.4 Å². The van der Waals surface area contributed by atoms with E-state index in [9.17, 15) is 9.90 Å². The van der Waals surface area contributed by atoms with Crippen LogP contribution in [-0.4, -0.2) is 35.1 Å².